The summed E-state index contributed by atoms with van der Waals surface area (Å²) >= 11 is 0. The summed E-state index contributed by atoms with van der Waals surface area (Å²) in [7, 11) is 0. The molecule has 4 aromatic rings. The lowest BCUT2D eigenvalue weighted by atomic mass is 10.2. The summed E-state index contributed by atoms with van der Waals surface area (Å²) in [6.07, 6.45) is 0. The molecule has 0 fully saturated rings. The summed E-state index contributed by atoms with van der Waals surface area (Å²) in [5, 5.41) is 3.47. The number of hydrogen-bond acceptors (Lipinski definition) is 4. The Hall–Kier alpha value is -3.92. The van der Waals surface area contributed by atoms with Gasteiger partial charge in [-0.1, -0.05) is 72.8 Å². The van der Waals surface area contributed by atoms with Crippen LogP contribution >= 0.6 is 0 Å². The first-order valence-corrected chi connectivity index (χ1v) is 10.8. The van der Waals surface area contributed by atoms with Crippen LogP contribution in [-0.4, -0.2) is 13.2 Å². The fraction of sp³-hybridized carbons (Fsp3) is 0.143. The van der Waals surface area contributed by atoms with E-state index < -0.39 is 0 Å². The van der Waals surface area contributed by atoms with Gasteiger partial charge in [0.2, 0.25) is 0 Å². The smallest absolute Gasteiger partial charge is 0.142 e. The monoisotopic (exact) mass is 425 g/mol. The first-order valence-electron chi connectivity index (χ1n) is 10.8. The molecule has 0 amide bonds. The second-order valence-electron chi connectivity index (χ2n) is 7.28. The van der Waals surface area contributed by atoms with Gasteiger partial charge in [-0.2, -0.15) is 0 Å². The van der Waals surface area contributed by atoms with Crippen LogP contribution in [0.5, 0.6) is 17.2 Å². The van der Waals surface area contributed by atoms with Crippen molar-refractivity contribution in [2.45, 2.75) is 13.2 Å². The summed E-state index contributed by atoms with van der Waals surface area (Å²) in [4.78, 5) is 0. The van der Waals surface area contributed by atoms with Crippen LogP contribution in [0.2, 0.25) is 0 Å². The maximum atomic E-state index is 6.02. The molecule has 4 aromatic carbocycles. The van der Waals surface area contributed by atoms with Crippen LogP contribution in [0.1, 0.15) is 11.1 Å². The maximum absolute atomic E-state index is 6.02. The number of anilines is 1. The average Bonchev–Trinajstić information content (AvgIpc) is 2.86. The van der Waals surface area contributed by atoms with Crippen molar-refractivity contribution in [3.8, 4) is 17.2 Å². The maximum Gasteiger partial charge on any atom is 0.142 e. The fourth-order valence-corrected chi connectivity index (χ4v) is 3.21. The molecule has 0 radical (unpaired) electrons. The summed E-state index contributed by atoms with van der Waals surface area (Å²) in [5.41, 5.74) is 3.28. The van der Waals surface area contributed by atoms with Crippen LogP contribution in [0.3, 0.4) is 0 Å². The number of para-hydroxylation sites is 3. The van der Waals surface area contributed by atoms with Crippen molar-refractivity contribution in [1.82, 2.24) is 0 Å². The number of ether oxygens (including phenoxy) is 3. The zero-order chi connectivity index (χ0) is 21.8. The van der Waals surface area contributed by atoms with Gasteiger partial charge < -0.3 is 19.5 Å². The second-order valence-corrected chi connectivity index (χ2v) is 7.28. The van der Waals surface area contributed by atoms with Crippen molar-refractivity contribution in [2.24, 2.45) is 0 Å². The van der Waals surface area contributed by atoms with Crippen LogP contribution < -0.4 is 19.5 Å². The van der Waals surface area contributed by atoms with Gasteiger partial charge in [-0.25, -0.2) is 0 Å². The van der Waals surface area contributed by atoms with E-state index in [9.17, 15) is 0 Å². The summed E-state index contributed by atoms with van der Waals surface area (Å²) in [5.74, 6) is 2.53. The third-order valence-corrected chi connectivity index (χ3v) is 4.89. The molecule has 0 aromatic heterocycles. The van der Waals surface area contributed by atoms with Crippen molar-refractivity contribution < 1.29 is 14.2 Å². The molecule has 0 spiro atoms. The minimum absolute atomic E-state index is 0.499. The van der Waals surface area contributed by atoms with Gasteiger partial charge in [0, 0.05) is 6.54 Å². The molecule has 0 aliphatic heterocycles. The Morgan fingerprint density at radius 2 is 1.09 bits per heavy atom. The van der Waals surface area contributed by atoms with Crippen molar-refractivity contribution in [3.63, 3.8) is 0 Å². The van der Waals surface area contributed by atoms with Gasteiger partial charge in [-0.3, -0.25) is 0 Å². The van der Waals surface area contributed by atoms with E-state index in [2.05, 4.69) is 29.6 Å². The molecule has 1 N–H and O–H groups in total. The molecular formula is C28H27NO3. The van der Waals surface area contributed by atoms with Gasteiger partial charge >= 0.3 is 0 Å². The molecular weight excluding hydrogens is 398 g/mol. The standard InChI is InChI=1S/C28H27NO3/c1-3-9-24(10-4-1)22-32-28-14-8-7-13-27(28)29-21-23-15-17-26(18-16-23)31-20-19-30-25-11-5-2-6-12-25/h1-18,29H,19-22H2. The fourth-order valence-electron chi connectivity index (χ4n) is 3.21. The average molecular weight is 426 g/mol. The third-order valence-electron chi connectivity index (χ3n) is 4.89. The first-order chi connectivity index (χ1) is 15.9. The van der Waals surface area contributed by atoms with Crippen molar-refractivity contribution >= 4 is 5.69 Å². The van der Waals surface area contributed by atoms with Crippen LogP contribution in [0.4, 0.5) is 5.69 Å². The Kier molecular flexibility index (Phi) is 7.64. The largest absolute Gasteiger partial charge is 0.490 e. The molecule has 0 saturated heterocycles. The highest BCUT2D eigenvalue weighted by atomic mass is 16.5. The van der Waals surface area contributed by atoms with E-state index in [1.165, 1.54) is 0 Å². The minimum Gasteiger partial charge on any atom is -0.490 e. The van der Waals surface area contributed by atoms with Gasteiger partial charge in [-0.15, -0.1) is 0 Å². The van der Waals surface area contributed by atoms with Crippen LogP contribution in [0, 0.1) is 0 Å². The highest BCUT2D eigenvalue weighted by Crippen LogP contribution is 2.25. The minimum atomic E-state index is 0.499. The number of hydrogen-bond donors (Lipinski definition) is 1. The van der Waals surface area contributed by atoms with E-state index >= 15 is 0 Å². The predicted octanol–water partition coefficient (Wildman–Crippen LogP) is 6.34. The third kappa shape index (κ3) is 6.54. The van der Waals surface area contributed by atoms with Gasteiger partial charge in [0.25, 0.3) is 0 Å². The highest BCUT2D eigenvalue weighted by Gasteiger charge is 2.04. The van der Waals surface area contributed by atoms with Crippen molar-refractivity contribution in [2.75, 3.05) is 18.5 Å². The SMILES string of the molecule is c1ccc(COc2ccccc2NCc2ccc(OCCOc3ccccc3)cc2)cc1. The molecule has 4 nitrogen and oxygen atoms in total. The van der Waals surface area contributed by atoms with E-state index in [1.54, 1.807) is 0 Å². The number of benzene rings is 4. The van der Waals surface area contributed by atoms with Gasteiger partial charge in [0.05, 0.1) is 5.69 Å². The molecule has 0 aliphatic carbocycles. The zero-order valence-electron chi connectivity index (χ0n) is 17.9. The topological polar surface area (TPSA) is 39.7 Å². The Morgan fingerprint density at radius 1 is 0.500 bits per heavy atom. The molecule has 4 rings (SSSR count). The van der Waals surface area contributed by atoms with Gasteiger partial charge in [-0.05, 0) is 47.5 Å². The highest BCUT2D eigenvalue weighted by molar-refractivity contribution is 5.56. The normalized spacial score (nSPS) is 10.4. The summed E-state index contributed by atoms with van der Waals surface area (Å²) in [6, 6.07) is 36.0. The molecule has 0 heterocycles. The van der Waals surface area contributed by atoms with Gasteiger partial charge in [0.1, 0.15) is 37.1 Å². The predicted molar refractivity (Wildman–Crippen MR) is 128 cm³/mol. The van der Waals surface area contributed by atoms with E-state index in [1.807, 2.05) is 84.9 Å². The first kappa shape index (κ1) is 21.3. The second kappa shape index (κ2) is 11.5. The van der Waals surface area contributed by atoms with Gasteiger partial charge in [0.15, 0.2) is 0 Å². The molecule has 4 heteroatoms. The molecule has 0 unspecified atom stereocenters. The molecule has 0 atom stereocenters. The quantitative estimate of drug-likeness (QED) is 0.285. The van der Waals surface area contributed by atoms with E-state index in [0.29, 0.717) is 26.4 Å². The van der Waals surface area contributed by atoms with E-state index in [-0.39, 0.29) is 0 Å². The Labute approximate surface area is 189 Å². The zero-order valence-corrected chi connectivity index (χ0v) is 17.9. The van der Waals surface area contributed by atoms with Crippen molar-refractivity contribution in [1.29, 1.82) is 0 Å². The lowest BCUT2D eigenvalue weighted by molar-refractivity contribution is 0.217. The number of nitrogens with one attached hydrogen (secondary N) is 1. The molecule has 0 saturated carbocycles. The van der Waals surface area contributed by atoms with E-state index in [0.717, 1.165) is 34.1 Å². The van der Waals surface area contributed by atoms with Crippen LogP contribution in [-0.2, 0) is 13.2 Å². The molecule has 0 aliphatic rings. The van der Waals surface area contributed by atoms with E-state index in [4.69, 9.17) is 14.2 Å². The molecule has 32 heavy (non-hydrogen) atoms. The van der Waals surface area contributed by atoms with Crippen LogP contribution in [0.15, 0.2) is 109 Å². The van der Waals surface area contributed by atoms with Crippen LogP contribution in [0.25, 0.3) is 0 Å². The Bertz CT molecular complexity index is 1070. The summed E-state index contributed by atoms with van der Waals surface area (Å²) in [6.45, 7) is 2.24. The Balaban J connectivity index is 1.23. The van der Waals surface area contributed by atoms with Crippen molar-refractivity contribution in [3.05, 3.63) is 120 Å². The lowest BCUT2D eigenvalue weighted by Crippen LogP contribution is -2.09. The Morgan fingerprint density at radius 3 is 1.81 bits per heavy atom. The lowest BCUT2D eigenvalue weighted by Gasteiger charge is -2.14. The summed E-state index contributed by atoms with van der Waals surface area (Å²) < 4.78 is 17.4. The molecule has 0 bridgehead atoms. The number of rotatable bonds is 11. The molecule has 162 valence electrons.